The number of aryl methyl sites for hydroxylation is 1. The molecule has 1 aromatic carbocycles. The Kier molecular flexibility index (Phi) is 3.55. The van der Waals surface area contributed by atoms with Gasteiger partial charge >= 0.3 is 0 Å². The highest BCUT2D eigenvalue weighted by Crippen LogP contribution is 2.06. The predicted octanol–water partition coefficient (Wildman–Crippen LogP) is 2.22. The first kappa shape index (κ1) is 9.01. The topological polar surface area (TPSA) is 26.0 Å². The van der Waals surface area contributed by atoms with Crippen LogP contribution in [0.2, 0.25) is 0 Å². The largest absolute Gasteiger partial charge is 0.330 e. The van der Waals surface area contributed by atoms with E-state index in [0.717, 1.165) is 19.4 Å². The summed E-state index contributed by atoms with van der Waals surface area (Å²) in [6.07, 6.45) is 3.99. The lowest BCUT2D eigenvalue weighted by molar-refractivity contribution is 0.832. The van der Waals surface area contributed by atoms with Gasteiger partial charge in [0.05, 0.1) is 0 Å². The average molecular weight is 161 g/mol. The first-order valence-electron chi connectivity index (χ1n) is 4.28. The average Bonchev–Trinajstić information content (AvgIpc) is 2.15. The van der Waals surface area contributed by atoms with E-state index >= 15 is 0 Å². The van der Waals surface area contributed by atoms with Crippen molar-refractivity contribution in [2.45, 2.75) is 12.8 Å². The van der Waals surface area contributed by atoms with Gasteiger partial charge in [0.25, 0.3) is 0 Å². The molecule has 0 aliphatic rings. The van der Waals surface area contributed by atoms with E-state index in [-0.39, 0.29) is 0 Å². The summed E-state index contributed by atoms with van der Waals surface area (Å²) in [5, 5.41) is 0. The van der Waals surface area contributed by atoms with Gasteiger partial charge in [0.1, 0.15) is 0 Å². The Balaban J connectivity index is 2.58. The minimum Gasteiger partial charge on any atom is -0.330 e. The number of hydrogen-bond acceptors (Lipinski definition) is 1. The van der Waals surface area contributed by atoms with Crippen molar-refractivity contribution < 1.29 is 0 Å². The van der Waals surface area contributed by atoms with Crippen LogP contribution >= 0.6 is 0 Å². The molecule has 0 fully saturated rings. The van der Waals surface area contributed by atoms with Crippen molar-refractivity contribution in [3.05, 3.63) is 42.0 Å². The van der Waals surface area contributed by atoms with Gasteiger partial charge in [0.2, 0.25) is 0 Å². The monoisotopic (exact) mass is 161 g/mol. The van der Waals surface area contributed by atoms with Crippen LogP contribution in [0.4, 0.5) is 0 Å². The van der Waals surface area contributed by atoms with Crippen molar-refractivity contribution in [2.75, 3.05) is 6.54 Å². The third-order valence-electron chi connectivity index (χ3n) is 1.88. The highest BCUT2D eigenvalue weighted by molar-refractivity contribution is 5.47. The zero-order valence-electron chi connectivity index (χ0n) is 7.29. The van der Waals surface area contributed by atoms with Gasteiger partial charge in [-0.25, -0.2) is 0 Å². The molecule has 1 aromatic rings. The van der Waals surface area contributed by atoms with Gasteiger partial charge in [-0.15, -0.1) is 0 Å². The smallest absolute Gasteiger partial charge is 0.00741 e. The van der Waals surface area contributed by atoms with Crippen LogP contribution in [0.5, 0.6) is 0 Å². The number of hydrogen-bond donors (Lipinski definition) is 1. The maximum absolute atomic E-state index is 5.42. The van der Waals surface area contributed by atoms with E-state index in [1.165, 1.54) is 11.1 Å². The molecule has 0 radical (unpaired) electrons. The highest BCUT2D eigenvalue weighted by Gasteiger charge is 1.91. The predicted molar refractivity (Wildman–Crippen MR) is 53.9 cm³/mol. The fourth-order valence-electron chi connectivity index (χ4n) is 1.13. The van der Waals surface area contributed by atoms with Gasteiger partial charge < -0.3 is 5.73 Å². The molecular weight excluding hydrogens is 146 g/mol. The Bertz CT molecular complexity index is 236. The molecule has 0 aromatic heterocycles. The van der Waals surface area contributed by atoms with Crippen LogP contribution < -0.4 is 5.73 Å². The maximum Gasteiger partial charge on any atom is -0.00741 e. The fraction of sp³-hybridized carbons (Fsp3) is 0.273. The lowest BCUT2D eigenvalue weighted by Crippen LogP contribution is -2.00. The van der Waals surface area contributed by atoms with Gasteiger partial charge in [-0.05, 0) is 30.5 Å². The van der Waals surface area contributed by atoms with Crippen LogP contribution in [0.25, 0.3) is 6.08 Å². The second-order valence-electron chi connectivity index (χ2n) is 2.84. The van der Waals surface area contributed by atoms with E-state index in [1.54, 1.807) is 0 Å². The van der Waals surface area contributed by atoms with Crippen molar-refractivity contribution in [3.8, 4) is 0 Å². The molecule has 0 aliphatic carbocycles. The summed E-state index contributed by atoms with van der Waals surface area (Å²) in [5.41, 5.74) is 7.94. The second-order valence-corrected chi connectivity index (χ2v) is 2.84. The molecule has 64 valence electrons. The molecule has 0 heterocycles. The quantitative estimate of drug-likeness (QED) is 0.720. The number of nitrogens with two attached hydrogens (primary N) is 1. The molecule has 0 bridgehead atoms. The van der Waals surface area contributed by atoms with Gasteiger partial charge in [-0.2, -0.15) is 0 Å². The normalized spacial score (nSPS) is 9.75. The summed E-state index contributed by atoms with van der Waals surface area (Å²) in [5.74, 6) is 0. The molecule has 0 aliphatic heterocycles. The van der Waals surface area contributed by atoms with Crippen LogP contribution in [0.15, 0.2) is 30.8 Å². The second kappa shape index (κ2) is 4.73. The van der Waals surface area contributed by atoms with Crippen molar-refractivity contribution in [2.24, 2.45) is 5.73 Å². The van der Waals surface area contributed by atoms with Crippen LogP contribution in [0.3, 0.4) is 0 Å². The van der Waals surface area contributed by atoms with E-state index in [0.29, 0.717) is 0 Å². The molecule has 1 heteroatoms. The third kappa shape index (κ3) is 2.51. The van der Waals surface area contributed by atoms with Crippen LogP contribution in [0.1, 0.15) is 17.5 Å². The first-order valence-corrected chi connectivity index (χ1v) is 4.28. The summed E-state index contributed by atoms with van der Waals surface area (Å²) in [6.45, 7) is 4.47. The van der Waals surface area contributed by atoms with Crippen LogP contribution in [0, 0.1) is 0 Å². The van der Waals surface area contributed by atoms with Crippen molar-refractivity contribution in [1.29, 1.82) is 0 Å². The summed E-state index contributed by atoms with van der Waals surface area (Å²) in [6, 6.07) is 8.43. The van der Waals surface area contributed by atoms with Crippen LogP contribution in [-0.2, 0) is 6.42 Å². The minimum atomic E-state index is 0.767. The molecule has 1 nitrogen and oxygen atoms in total. The van der Waals surface area contributed by atoms with Gasteiger partial charge in [-0.1, -0.05) is 36.9 Å². The Hall–Kier alpha value is -1.08. The standard InChI is InChI=1S/C11H15N/c1-2-10-5-7-11(8-6-10)4-3-9-12/h2,5-8H,1,3-4,9,12H2. The molecule has 0 spiro atoms. The summed E-state index contributed by atoms with van der Waals surface area (Å²) in [4.78, 5) is 0. The minimum absolute atomic E-state index is 0.767. The maximum atomic E-state index is 5.42. The Morgan fingerprint density at radius 1 is 1.25 bits per heavy atom. The third-order valence-corrected chi connectivity index (χ3v) is 1.88. The van der Waals surface area contributed by atoms with Crippen molar-refractivity contribution in [1.82, 2.24) is 0 Å². The van der Waals surface area contributed by atoms with E-state index in [2.05, 4.69) is 30.8 Å². The number of benzene rings is 1. The van der Waals surface area contributed by atoms with E-state index in [4.69, 9.17) is 5.73 Å². The van der Waals surface area contributed by atoms with Crippen molar-refractivity contribution in [3.63, 3.8) is 0 Å². The molecular formula is C11H15N. The van der Waals surface area contributed by atoms with E-state index < -0.39 is 0 Å². The van der Waals surface area contributed by atoms with Crippen molar-refractivity contribution >= 4 is 6.08 Å². The molecule has 1 rings (SSSR count). The van der Waals surface area contributed by atoms with Crippen LogP contribution in [-0.4, -0.2) is 6.54 Å². The molecule has 12 heavy (non-hydrogen) atoms. The summed E-state index contributed by atoms with van der Waals surface area (Å²) < 4.78 is 0. The molecule has 0 amide bonds. The fourth-order valence-corrected chi connectivity index (χ4v) is 1.13. The molecule has 2 N–H and O–H groups in total. The highest BCUT2D eigenvalue weighted by atomic mass is 14.5. The molecule has 0 saturated carbocycles. The van der Waals surface area contributed by atoms with Gasteiger partial charge in [0.15, 0.2) is 0 Å². The zero-order chi connectivity index (χ0) is 8.81. The summed E-state index contributed by atoms with van der Waals surface area (Å²) in [7, 11) is 0. The SMILES string of the molecule is C=Cc1ccc(CCCN)cc1. The first-order chi connectivity index (χ1) is 5.86. The lowest BCUT2D eigenvalue weighted by Gasteiger charge is -1.99. The van der Waals surface area contributed by atoms with Gasteiger partial charge in [-0.3, -0.25) is 0 Å². The molecule has 0 atom stereocenters. The Morgan fingerprint density at radius 2 is 1.92 bits per heavy atom. The number of rotatable bonds is 4. The Labute approximate surface area is 73.9 Å². The van der Waals surface area contributed by atoms with E-state index in [9.17, 15) is 0 Å². The molecule has 0 saturated heterocycles. The zero-order valence-corrected chi connectivity index (χ0v) is 7.29. The molecule has 0 unspecified atom stereocenters. The van der Waals surface area contributed by atoms with Gasteiger partial charge in [0, 0.05) is 0 Å². The lowest BCUT2D eigenvalue weighted by atomic mass is 10.1. The van der Waals surface area contributed by atoms with E-state index in [1.807, 2.05) is 6.08 Å². The Morgan fingerprint density at radius 3 is 2.42 bits per heavy atom. The summed E-state index contributed by atoms with van der Waals surface area (Å²) >= 11 is 0.